The number of hydrogen-bond acceptors (Lipinski definition) is 3. The van der Waals surface area contributed by atoms with Crippen molar-refractivity contribution in [2.75, 3.05) is 24.5 Å². The molecule has 1 aliphatic rings. The molecule has 0 saturated carbocycles. The summed E-state index contributed by atoms with van der Waals surface area (Å²) in [7, 11) is 0. The summed E-state index contributed by atoms with van der Waals surface area (Å²) >= 11 is 5.95. The van der Waals surface area contributed by atoms with Gasteiger partial charge in [0.2, 0.25) is 17.7 Å². The van der Waals surface area contributed by atoms with Crippen molar-refractivity contribution < 1.29 is 14.4 Å². The molecule has 1 fully saturated rings. The number of amides is 3. The van der Waals surface area contributed by atoms with E-state index in [1.807, 2.05) is 13.8 Å². The smallest absolute Gasteiger partial charge is 0.227 e. The average Bonchev–Trinajstić information content (AvgIpc) is 2.93. The molecule has 130 valence electrons. The number of carbonyl (C=O) groups excluding carboxylic acids is 3. The first-order valence-corrected chi connectivity index (χ1v) is 8.37. The molecular formula is C17H22ClN3O3. The molecule has 3 amide bonds. The van der Waals surface area contributed by atoms with Gasteiger partial charge in [0, 0.05) is 42.7 Å². The van der Waals surface area contributed by atoms with Crippen molar-refractivity contribution in [2.24, 2.45) is 11.8 Å². The van der Waals surface area contributed by atoms with Crippen molar-refractivity contribution in [1.82, 2.24) is 10.6 Å². The van der Waals surface area contributed by atoms with E-state index in [0.29, 0.717) is 30.3 Å². The number of rotatable bonds is 6. The monoisotopic (exact) mass is 351 g/mol. The fourth-order valence-electron chi connectivity index (χ4n) is 2.50. The number of nitrogens with zero attached hydrogens (tertiary/aromatic N) is 1. The maximum atomic E-state index is 12.2. The second kappa shape index (κ2) is 8.15. The first-order valence-electron chi connectivity index (χ1n) is 8.00. The van der Waals surface area contributed by atoms with Gasteiger partial charge >= 0.3 is 0 Å². The summed E-state index contributed by atoms with van der Waals surface area (Å²) in [5.74, 6) is -0.790. The molecule has 1 saturated heterocycles. The summed E-state index contributed by atoms with van der Waals surface area (Å²) in [6.45, 7) is 4.68. The molecule has 0 radical (unpaired) electrons. The van der Waals surface area contributed by atoms with Crippen LogP contribution in [0.3, 0.4) is 0 Å². The molecule has 2 N–H and O–H groups in total. The van der Waals surface area contributed by atoms with Crippen LogP contribution in [-0.4, -0.2) is 37.4 Å². The summed E-state index contributed by atoms with van der Waals surface area (Å²) in [6.07, 6.45) is 0.177. The second-order valence-corrected chi connectivity index (χ2v) is 6.56. The van der Waals surface area contributed by atoms with Gasteiger partial charge in [-0.05, 0) is 18.2 Å². The summed E-state index contributed by atoms with van der Waals surface area (Å²) in [5, 5.41) is 6.05. The molecule has 1 heterocycles. The lowest BCUT2D eigenvalue weighted by Gasteiger charge is -2.17. The van der Waals surface area contributed by atoms with E-state index in [2.05, 4.69) is 10.6 Å². The highest BCUT2D eigenvalue weighted by molar-refractivity contribution is 6.31. The van der Waals surface area contributed by atoms with Crippen molar-refractivity contribution in [3.8, 4) is 0 Å². The number of carbonyl (C=O) groups is 3. The Morgan fingerprint density at radius 2 is 2.00 bits per heavy atom. The Bertz CT molecular complexity index is 633. The quantitative estimate of drug-likeness (QED) is 0.764. The molecule has 1 aromatic carbocycles. The molecule has 7 heteroatoms. The molecular weight excluding hydrogens is 330 g/mol. The number of benzene rings is 1. The third-order valence-electron chi connectivity index (χ3n) is 3.86. The molecule has 1 aliphatic heterocycles. The van der Waals surface area contributed by atoms with Crippen LogP contribution in [0.25, 0.3) is 0 Å². The molecule has 1 aromatic rings. The molecule has 0 aromatic heterocycles. The van der Waals surface area contributed by atoms with Gasteiger partial charge in [-0.1, -0.05) is 31.5 Å². The van der Waals surface area contributed by atoms with Gasteiger partial charge < -0.3 is 15.5 Å². The van der Waals surface area contributed by atoms with Gasteiger partial charge in [0.1, 0.15) is 0 Å². The zero-order valence-corrected chi connectivity index (χ0v) is 14.6. The molecule has 6 nitrogen and oxygen atoms in total. The predicted molar refractivity (Wildman–Crippen MR) is 92.8 cm³/mol. The van der Waals surface area contributed by atoms with E-state index in [-0.39, 0.29) is 30.1 Å². The Kier molecular flexibility index (Phi) is 6.20. The van der Waals surface area contributed by atoms with E-state index < -0.39 is 5.92 Å². The van der Waals surface area contributed by atoms with Crippen LogP contribution in [0.15, 0.2) is 24.3 Å². The predicted octanol–water partition coefficient (Wildman–Crippen LogP) is 1.58. The number of nitrogens with one attached hydrogen (secondary N) is 2. The minimum absolute atomic E-state index is 0.0487. The Morgan fingerprint density at radius 1 is 1.29 bits per heavy atom. The van der Waals surface area contributed by atoms with Gasteiger partial charge in [0.25, 0.3) is 0 Å². The lowest BCUT2D eigenvalue weighted by atomic mass is 10.1. The third-order valence-corrected chi connectivity index (χ3v) is 4.10. The number of hydrogen-bond donors (Lipinski definition) is 2. The summed E-state index contributed by atoms with van der Waals surface area (Å²) in [4.78, 5) is 37.3. The van der Waals surface area contributed by atoms with Gasteiger partial charge in [-0.2, -0.15) is 0 Å². The van der Waals surface area contributed by atoms with Crippen LogP contribution in [0.2, 0.25) is 5.02 Å². The van der Waals surface area contributed by atoms with Gasteiger partial charge in [0.05, 0.1) is 5.92 Å². The van der Waals surface area contributed by atoms with E-state index in [0.717, 1.165) is 0 Å². The molecule has 0 spiro atoms. The topological polar surface area (TPSA) is 78.5 Å². The van der Waals surface area contributed by atoms with Crippen molar-refractivity contribution in [3.05, 3.63) is 29.3 Å². The Hall–Kier alpha value is -2.08. The fraction of sp³-hybridized carbons (Fsp3) is 0.471. The van der Waals surface area contributed by atoms with E-state index in [1.165, 1.54) is 0 Å². The van der Waals surface area contributed by atoms with Crippen molar-refractivity contribution in [2.45, 2.75) is 20.3 Å². The van der Waals surface area contributed by atoms with Crippen LogP contribution in [0.5, 0.6) is 0 Å². The highest BCUT2D eigenvalue weighted by atomic mass is 35.5. The van der Waals surface area contributed by atoms with Crippen molar-refractivity contribution in [1.29, 1.82) is 0 Å². The Labute approximate surface area is 146 Å². The van der Waals surface area contributed by atoms with Crippen LogP contribution in [0.1, 0.15) is 20.3 Å². The molecule has 1 unspecified atom stereocenters. The normalized spacial score (nSPS) is 17.2. The van der Waals surface area contributed by atoms with Crippen molar-refractivity contribution >= 4 is 35.0 Å². The zero-order chi connectivity index (χ0) is 17.7. The molecule has 24 heavy (non-hydrogen) atoms. The summed E-state index contributed by atoms with van der Waals surface area (Å²) < 4.78 is 0. The molecule has 1 atom stereocenters. The second-order valence-electron chi connectivity index (χ2n) is 6.12. The largest absolute Gasteiger partial charge is 0.354 e. The minimum Gasteiger partial charge on any atom is -0.354 e. The lowest BCUT2D eigenvalue weighted by molar-refractivity contribution is -0.126. The van der Waals surface area contributed by atoms with Gasteiger partial charge in [0.15, 0.2) is 0 Å². The number of halogens is 1. The van der Waals surface area contributed by atoms with Crippen LogP contribution >= 0.6 is 11.6 Å². The molecule has 2 rings (SSSR count). The first-order chi connectivity index (χ1) is 11.4. The standard InChI is InChI=1S/C17H22ClN3O3/c1-11(2)16(23)19-6-7-20-17(24)12-8-15(22)21(10-12)14-5-3-4-13(18)9-14/h3-5,9,11-12H,6-8,10H2,1-2H3,(H,19,23)(H,20,24). The van der Waals surface area contributed by atoms with Gasteiger partial charge in [-0.3, -0.25) is 14.4 Å². The SMILES string of the molecule is CC(C)C(=O)NCCNC(=O)C1CC(=O)N(c2cccc(Cl)c2)C1. The van der Waals surface area contributed by atoms with Crippen molar-refractivity contribution in [3.63, 3.8) is 0 Å². The van der Waals surface area contributed by atoms with E-state index >= 15 is 0 Å². The average molecular weight is 352 g/mol. The molecule has 0 aliphatic carbocycles. The number of anilines is 1. The van der Waals surface area contributed by atoms with E-state index in [1.54, 1.807) is 29.2 Å². The summed E-state index contributed by atoms with van der Waals surface area (Å²) in [6, 6.07) is 7.02. The zero-order valence-electron chi connectivity index (χ0n) is 13.8. The highest BCUT2D eigenvalue weighted by Gasteiger charge is 2.34. The Morgan fingerprint density at radius 3 is 2.67 bits per heavy atom. The minimum atomic E-state index is -0.391. The Balaban J connectivity index is 1.82. The highest BCUT2D eigenvalue weighted by Crippen LogP contribution is 2.27. The maximum Gasteiger partial charge on any atom is 0.227 e. The van der Waals surface area contributed by atoms with Crippen LogP contribution in [0.4, 0.5) is 5.69 Å². The summed E-state index contributed by atoms with van der Waals surface area (Å²) in [5.41, 5.74) is 0.701. The van der Waals surface area contributed by atoms with E-state index in [4.69, 9.17) is 11.6 Å². The van der Waals surface area contributed by atoms with Crippen LogP contribution < -0.4 is 15.5 Å². The van der Waals surface area contributed by atoms with Gasteiger partial charge in [-0.25, -0.2) is 0 Å². The third kappa shape index (κ3) is 4.71. The van der Waals surface area contributed by atoms with Crippen LogP contribution in [0, 0.1) is 11.8 Å². The lowest BCUT2D eigenvalue weighted by Crippen LogP contribution is -2.39. The van der Waals surface area contributed by atoms with Gasteiger partial charge in [-0.15, -0.1) is 0 Å². The fourth-order valence-corrected chi connectivity index (χ4v) is 2.68. The van der Waals surface area contributed by atoms with E-state index in [9.17, 15) is 14.4 Å². The maximum absolute atomic E-state index is 12.2. The van der Waals surface area contributed by atoms with Crippen LogP contribution in [-0.2, 0) is 14.4 Å². The molecule has 0 bridgehead atoms. The first kappa shape index (κ1) is 18.3.